The number of likely N-dealkylation sites (N-methyl/N-ethyl adjacent to an activating group) is 1. The molecule has 0 radical (unpaired) electrons. The van der Waals surface area contributed by atoms with Crippen LogP contribution in [0.25, 0.3) is 10.1 Å². The van der Waals surface area contributed by atoms with Gasteiger partial charge in [-0.3, -0.25) is 10.1 Å². The molecule has 1 aliphatic carbocycles. The quantitative estimate of drug-likeness (QED) is 0.836. The highest BCUT2D eigenvalue weighted by Gasteiger charge is 2.36. The Kier molecular flexibility index (Phi) is 6.06. The van der Waals surface area contributed by atoms with Crippen LogP contribution in [0.15, 0.2) is 29.6 Å². The van der Waals surface area contributed by atoms with Gasteiger partial charge in [0.25, 0.3) is 0 Å². The van der Waals surface area contributed by atoms with Crippen LogP contribution in [0, 0.1) is 0 Å². The van der Waals surface area contributed by atoms with Crippen molar-refractivity contribution in [1.82, 2.24) is 10.2 Å². The number of benzene rings is 1. The van der Waals surface area contributed by atoms with Gasteiger partial charge in [-0.1, -0.05) is 18.6 Å². The first-order valence-electron chi connectivity index (χ1n) is 8.07. The van der Waals surface area contributed by atoms with Crippen LogP contribution in [-0.4, -0.2) is 30.6 Å². The molecule has 1 heterocycles. The first kappa shape index (κ1) is 18.2. The Balaban J connectivity index is 0.00000192. The number of hydrogen-bond acceptors (Lipinski definition) is 3. The fraction of sp³-hybridized carbons (Fsp3) is 0.500. The molecule has 0 spiro atoms. The predicted molar refractivity (Wildman–Crippen MR) is 100 cm³/mol. The van der Waals surface area contributed by atoms with Gasteiger partial charge in [-0.15, -0.1) is 23.7 Å². The van der Waals surface area contributed by atoms with Crippen molar-refractivity contribution in [1.29, 1.82) is 0 Å². The Labute approximate surface area is 148 Å². The van der Waals surface area contributed by atoms with E-state index in [1.165, 1.54) is 29.3 Å². The number of hydrogen-bond donors (Lipinski definition) is 1. The SMILES string of the molecule is CNC1(N(C)C(=O)Cc2cccc3sccc23)CCCCC1.Cl. The molecule has 23 heavy (non-hydrogen) atoms. The minimum atomic E-state index is -0.155. The normalized spacial score (nSPS) is 16.8. The topological polar surface area (TPSA) is 32.3 Å². The van der Waals surface area contributed by atoms with Gasteiger partial charge in [-0.2, -0.15) is 0 Å². The lowest BCUT2D eigenvalue weighted by molar-refractivity contribution is -0.137. The number of halogens is 1. The van der Waals surface area contributed by atoms with Crippen LogP contribution in [0.3, 0.4) is 0 Å². The molecule has 2 aromatic rings. The summed E-state index contributed by atoms with van der Waals surface area (Å²) in [7, 11) is 3.94. The minimum Gasteiger partial charge on any atom is -0.327 e. The van der Waals surface area contributed by atoms with Gasteiger partial charge in [0.2, 0.25) is 5.91 Å². The number of nitrogens with one attached hydrogen (secondary N) is 1. The first-order chi connectivity index (χ1) is 10.7. The third kappa shape index (κ3) is 3.54. The standard InChI is InChI=1S/C18H24N2OS.ClH/c1-19-18(10-4-3-5-11-18)20(2)17(21)13-14-7-6-8-16-15(14)9-12-22-16;/h6-9,12,19H,3-5,10-11,13H2,1-2H3;1H. The van der Waals surface area contributed by atoms with Crippen molar-refractivity contribution < 1.29 is 4.79 Å². The molecule has 1 saturated carbocycles. The zero-order chi connectivity index (χ0) is 15.6. The van der Waals surface area contributed by atoms with Crippen molar-refractivity contribution in [2.75, 3.05) is 14.1 Å². The van der Waals surface area contributed by atoms with E-state index in [1.807, 2.05) is 19.0 Å². The van der Waals surface area contributed by atoms with Crippen LogP contribution in [0.4, 0.5) is 0 Å². The Bertz CT molecular complexity index is 664. The van der Waals surface area contributed by atoms with E-state index in [9.17, 15) is 4.79 Å². The van der Waals surface area contributed by atoms with Gasteiger partial charge < -0.3 is 4.90 Å². The maximum absolute atomic E-state index is 12.8. The Morgan fingerprint density at radius 2 is 2.00 bits per heavy atom. The van der Waals surface area contributed by atoms with Gasteiger partial charge >= 0.3 is 0 Å². The summed E-state index contributed by atoms with van der Waals surface area (Å²) in [6.07, 6.45) is 6.24. The fourth-order valence-corrected chi connectivity index (χ4v) is 4.45. The van der Waals surface area contributed by atoms with E-state index in [1.54, 1.807) is 11.3 Å². The Morgan fingerprint density at radius 1 is 1.26 bits per heavy atom. The van der Waals surface area contributed by atoms with Crippen molar-refractivity contribution in [2.45, 2.75) is 44.2 Å². The highest BCUT2D eigenvalue weighted by Crippen LogP contribution is 2.31. The van der Waals surface area contributed by atoms with E-state index in [2.05, 4.69) is 35.0 Å². The van der Waals surface area contributed by atoms with Gasteiger partial charge in [-0.25, -0.2) is 0 Å². The van der Waals surface area contributed by atoms with Crippen molar-refractivity contribution >= 4 is 39.7 Å². The Hall–Kier alpha value is -1.10. The van der Waals surface area contributed by atoms with Crippen LogP contribution in [0.1, 0.15) is 37.7 Å². The summed E-state index contributed by atoms with van der Waals surface area (Å²) >= 11 is 1.73. The van der Waals surface area contributed by atoms with Crippen molar-refractivity contribution in [3.63, 3.8) is 0 Å². The molecule has 0 bridgehead atoms. The monoisotopic (exact) mass is 352 g/mol. The summed E-state index contributed by atoms with van der Waals surface area (Å²) in [4.78, 5) is 14.8. The largest absolute Gasteiger partial charge is 0.327 e. The average molecular weight is 353 g/mol. The molecule has 1 amide bonds. The summed E-state index contributed by atoms with van der Waals surface area (Å²) in [6, 6.07) is 8.37. The van der Waals surface area contributed by atoms with Crippen LogP contribution in [0.2, 0.25) is 0 Å². The second kappa shape index (κ2) is 7.65. The molecular weight excluding hydrogens is 328 g/mol. The molecule has 3 rings (SSSR count). The third-order valence-electron chi connectivity index (χ3n) is 5.09. The number of fused-ring (bicyclic) bond motifs is 1. The lowest BCUT2D eigenvalue weighted by atomic mass is 9.87. The predicted octanol–water partition coefficient (Wildman–Crippen LogP) is 4.20. The smallest absolute Gasteiger partial charge is 0.228 e. The van der Waals surface area contributed by atoms with Crippen LogP contribution >= 0.6 is 23.7 Å². The summed E-state index contributed by atoms with van der Waals surface area (Å²) < 4.78 is 1.26. The summed E-state index contributed by atoms with van der Waals surface area (Å²) in [5.74, 6) is 0.204. The van der Waals surface area contributed by atoms with E-state index < -0.39 is 0 Å². The summed E-state index contributed by atoms with van der Waals surface area (Å²) in [5, 5.41) is 6.74. The number of amides is 1. The highest BCUT2D eigenvalue weighted by molar-refractivity contribution is 7.17. The maximum atomic E-state index is 12.8. The number of rotatable bonds is 4. The third-order valence-corrected chi connectivity index (χ3v) is 5.97. The molecule has 1 aromatic carbocycles. The van der Waals surface area contributed by atoms with Crippen molar-refractivity contribution in [3.05, 3.63) is 35.2 Å². The van der Waals surface area contributed by atoms with E-state index in [-0.39, 0.29) is 24.0 Å². The van der Waals surface area contributed by atoms with Gasteiger partial charge in [0.05, 0.1) is 12.1 Å². The summed E-state index contributed by atoms with van der Waals surface area (Å²) in [6.45, 7) is 0. The number of carbonyl (C=O) groups excluding carboxylic acids is 1. The van der Waals surface area contributed by atoms with E-state index in [0.29, 0.717) is 6.42 Å². The van der Waals surface area contributed by atoms with Crippen LogP contribution < -0.4 is 5.32 Å². The zero-order valence-electron chi connectivity index (χ0n) is 13.8. The van der Waals surface area contributed by atoms with E-state index >= 15 is 0 Å². The van der Waals surface area contributed by atoms with Gasteiger partial charge in [0, 0.05) is 11.7 Å². The second-order valence-corrected chi connectivity index (χ2v) is 7.17. The van der Waals surface area contributed by atoms with E-state index in [4.69, 9.17) is 0 Å². The molecule has 1 aliphatic rings. The molecule has 0 saturated heterocycles. The van der Waals surface area contributed by atoms with Crippen molar-refractivity contribution in [3.8, 4) is 0 Å². The lowest BCUT2D eigenvalue weighted by Gasteiger charge is -2.44. The van der Waals surface area contributed by atoms with E-state index in [0.717, 1.165) is 18.4 Å². The molecule has 1 fully saturated rings. The zero-order valence-corrected chi connectivity index (χ0v) is 15.4. The minimum absolute atomic E-state index is 0. The molecule has 126 valence electrons. The molecule has 1 aromatic heterocycles. The lowest BCUT2D eigenvalue weighted by Crippen LogP contribution is -2.59. The molecule has 0 aliphatic heterocycles. The molecular formula is C18H25ClN2OS. The Morgan fingerprint density at radius 3 is 2.70 bits per heavy atom. The molecule has 5 heteroatoms. The second-order valence-electron chi connectivity index (χ2n) is 6.22. The number of nitrogens with zero attached hydrogens (tertiary/aromatic N) is 1. The molecule has 0 unspecified atom stereocenters. The average Bonchev–Trinajstić information content (AvgIpc) is 3.04. The molecule has 1 N–H and O–H groups in total. The van der Waals surface area contributed by atoms with Gasteiger partial charge in [0.1, 0.15) is 0 Å². The summed E-state index contributed by atoms with van der Waals surface area (Å²) in [5.41, 5.74) is 0.982. The number of thiophene rings is 1. The fourth-order valence-electron chi connectivity index (χ4n) is 3.62. The maximum Gasteiger partial charge on any atom is 0.228 e. The van der Waals surface area contributed by atoms with Crippen molar-refractivity contribution in [2.24, 2.45) is 0 Å². The van der Waals surface area contributed by atoms with Gasteiger partial charge in [-0.05, 0) is 61.2 Å². The molecule has 3 nitrogen and oxygen atoms in total. The highest BCUT2D eigenvalue weighted by atomic mass is 35.5. The first-order valence-corrected chi connectivity index (χ1v) is 8.95. The molecule has 0 atom stereocenters. The number of carbonyl (C=O) groups is 1. The van der Waals surface area contributed by atoms with Crippen LogP contribution in [-0.2, 0) is 11.2 Å². The van der Waals surface area contributed by atoms with Crippen LogP contribution in [0.5, 0.6) is 0 Å². The van der Waals surface area contributed by atoms with Gasteiger partial charge in [0.15, 0.2) is 0 Å².